The predicted octanol–water partition coefficient (Wildman–Crippen LogP) is 8.72. The first-order valence-electron chi connectivity index (χ1n) is 12.0. The number of halogens is 4. The Labute approximate surface area is 183 Å². The molecule has 4 heteroatoms. The fourth-order valence-electron chi connectivity index (χ4n) is 5.85. The maximum atomic E-state index is 15.0. The van der Waals surface area contributed by atoms with Gasteiger partial charge in [0.2, 0.25) is 0 Å². The predicted molar refractivity (Wildman–Crippen MR) is 117 cm³/mol. The van der Waals surface area contributed by atoms with Crippen molar-refractivity contribution in [3.63, 3.8) is 0 Å². The second-order valence-electron chi connectivity index (χ2n) is 9.49. The highest BCUT2D eigenvalue weighted by Gasteiger charge is 2.31. The van der Waals surface area contributed by atoms with Crippen LogP contribution in [0.15, 0.2) is 24.3 Å². The summed E-state index contributed by atoms with van der Waals surface area (Å²) in [6.07, 6.45) is 11.6. The van der Waals surface area contributed by atoms with E-state index in [4.69, 9.17) is 0 Å². The van der Waals surface area contributed by atoms with E-state index in [-0.39, 0.29) is 22.6 Å². The van der Waals surface area contributed by atoms with Crippen LogP contribution in [0.3, 0.4) is 0 Å². The second-order valence-corrected chi connectivity index (χ2v) is 9.49. The molecular weight excluding hydrogens is 400 g/mol. The highest BCUT2D eigenvalue weighted by Crippen LogP contribution is 2.44. The summed E-state index contributed by atoms with van der Waals surface area (Å²) < 4.78 is 58.9. The van der Waals surface area contributed by atoms with Gasteiger partial charge < -0.3 is 0 Å². The monoisotopic (exact) mass is 432 g/mol. The molecule has 0 amide bonds. The summed E-state index contributed by atoms with van der Waals surface area (Å²) in [7, 11) is 0. The Balaban J connectivity index is 1.53. The maximum Gasteiger partial charge on any atom is 0.167 e. The van der Waals surface area contributed by atoms with Crippen LogP contribution in [0.25, 0.3) is 11.1 Å². The summed E-state index contributed by atoms with van der Waals surface area (Å²) >= 11 is 0. The van der Waals surface area contributed by atoms with E-state index in [0.29, 0.717) is 24.3 Å². The third-order valence-electron chi connectivity index (χ3n) is 7.61. The van der Waals surface area contributed by atoms with Gasteiger partial charge in [-0.2, -0.15) is 0 Å². The van der Waals surface area contributed by atoms with E-state index >= 15 is 4.39 Å². The quantitative estimate of drug-likeness (QED) is 0.414. The van der Waals surface area contributed by atoms with Gasteiger partial charge >= 0.3 is 0 Å². The molecule has 0 heterocycles. The van der Waals surface area contributed by atoms with Crippen LogP contribution in [0.2, 0.25) is 0 Å². The van der Waals surface area contributed by atoms with Gasteiger partial charge in [0.15, 0.2) is 23.3 Å². The summed E-state index contributed by atoms with van der Waals surface area (Å²) in [4.78, 5) is 0. The molecule has 168 valence electrons. The molecule has 2 fully saturated rings. The molecular formula is C27H32F4. The van der Waals surface area contributed by atoms with Gasteiger partial charge in [-0.05, 0) is 61.0 Å². The highest BCUT2D eigenvalue weighted by molar-refractivity contribution is 5.66. The largest absolute Gasteiger partial charge is 0.203 e. The van der Waals surface area contributed by atoms with Gasteiger partial charge in [-0.3, -0.25) is 0 Å². The number of hydrogen-bond acceptors (Lipinski definition) is 0. The van der Waals surface area contributed by atoms with Crippen LogP contribution in [0.5, 0.6) is 0 Å². The van der Waals surface area contributed by atoms with Crippen molar-refractivity contribution in [2.24, 2.45) is 11.8 Å². The molecule has 2 aromatic rings. The molecule has 31 heavy (non-hydrogen) atoms. The number of aryl methyl sites for hydroxylation is 1. The zero-order valence-corrected chi connectivity index (χ0v) is 18.3. The van der Waals surface area contributed by atoms with Crippen LogP contribution in [0.4, 0.5) is 17.6 Å². The minimum atomic E-state index is -1.11. The summed E-state index contributed by atoms with van der Waals surface area (Å²) in [6.45, 7) is 1.88. The van der Waals surface area contributed by atoms with E-state index in [1.807, 2.05) is 6.92 Å². The maximum absolute atomic E-state index is 15.0. The molecule has 0 radical (unpaired) electrons. The Morgan fingerprint density at radius 3 is 1.87 bits per heavy atom. The fourth-order valence-corrected chi connectivity index (χ4v) is 5.85. The number of rotatable bonds is 5. The first-order chi connectivity index (χ1) is 15.0. The average molecular weight is 433 g/mol. The zero-order chi connectivity index (χ0) is 22.0. The molecule has 0 atom stereocenters. The van der Waals surface area contributed by atoms with E-state index in [1.165, 1.54) is 50.3 Å². The molecule has 0 N–H and O–H groups in total. The Kier molecular flexibility index (Phi) is 7.03. The molecule has 0 aromatic heterocycles. The molecule has 4 rings (SSSR count). The lowest BCUT2D eigenvalue weighted by molar-refractivity contribution is 0.185. The lowest BCUT2D eigenvalue weighted by Gasteiger charge is -2.36. The minimum Gasteiger partial charge on any atom is -0.203 e. The third kappa shape index (κ3) is 4.54. The average Bonchev–Trinajstić information content (AvgIpc) is 2.80. The van der Waals surface area contributed by atoms with Gasteiger partial charge in [-0.1, -0.05) is 69.7 Å². The highest BCUT2D eigenvalue weighted by atomic mass is 19.2. The van der Waals surface area contributed by atoms with E-state index in [9.17, 15) is 13.2 Å². The van der Waals surface area contributed by atoms with Crippen molar-refractivity contribution in [3.05, 3.63) is 58.7 Å². The van der Waals surface area contributed by atoms with Crippen molar-refractivity contribution in [2.45, 2.75) is 83.5 Å². The SMILES string of the molecule is CCCc1ccc(-c2ccc([C@H]3CC[C@H](C4CCCCC4)CC3)c(F)c2F)c(F)c1F. The van der Waals surface area contributed by atoms with Gasteiger partial charge in [-0.25, -0.2) is 17.6 Å². The molecule has 2 saturated carbocycles. The van der Waals surface area contributed by atoms with E-state index in [2.05, 4.69) is 0 Å². The lowest BCUT2D eigenvalue weighted by atomic mass is 9.70. The Morgan fingerprint density at radius 2 is 1.23 bits per heavy atom. The van der Waals surface area contributed by atoms with Gasteiger partial charge in [0.05, 0.1) is 0 Å². The Hall–Kier alpha value is -1.84. The minimum absolute atomic E-state index is 0.00287. The summed E-state index contributed by atoms with van der Waals surface area (Å²) in [6, 6.07) is 5.82. The third-order valence-corrected chi connectivity index (χ3v) is 7.61. The van der Waals surface area contributed by atoms with Crippen LogP contribution in [-0.2, 0) is 6.42 Å². The molecule has 0 nitrogen and oxygen atoms in total. The Morgan fingerprint density at radius 1 is 0.645 bits per heavy atom. The summed E-state index contributed by atoms with van der Waals surface area (Å²) in [5.74, 6) is -2.55. The topological polar surface area (TPSA) is 0 Å². The zero-order valence-electron chi connectivity index (χ0n) is 18.3. The summed E-state index contributed by atoms with van der Waals surface area (Å²) in [5, 5.41) is 0. The van der Waals surface area contributed by atoms with Crippen LogP contribution in [0, 0.1) is 35.1 Å². The standard InChI is InChI=1S/C27H32F4/c1-2-6-20-13-14-22(26(30)24(20)28)23-16-15-21(25(29)27(23)31)19-11-9-18(10-12-19)17-7-4-3-5-8-17/h13-19H,2-12H2,1H3/t18-,19-. The fraction of sp³-hybridized carbons (Fsp3) is 0.556. The first kappa shape index (κ1) is 22.4. The number of hydrogen-bond donors (Lipinski definition) is 0. The van der Waals surface area contributed by atoms with Crippen LogP contribution >= 0.6 is 0 Å². The molecule has 2 aliphatic carbocycles. The van der Waals surface area contributed by atoms with Gasteiger partial charge in [0.25, 0.3) is 0 Å². The molecule has 0 spiro atoms. The molecule has 2 aliphatic rings. The molecule has 0 saturated heterocycles. The molecule has 0 bridgehead atoms. The molecule has 0 unspecified atom stereocenters. The van der Waals surface area contributed by atoms with Crippen molar-refractivity contribution in [1.29, 1.82) is 0 Å². The van der Waals surface area contributed by atoms with Gasteiger partial charge in [0.1, 0.15) is 0 Å². The van der Waals surface area contributed by atoms with Crippen molar-refractivity contribution in [3.8, 4) is 11.1 Å². The lowest BCUT2D eigenvalue weighted by Crippen LogP contribution is -2.23. The van der Waals surface area contributed by atoms with E-state index < -0.39 is 23.3 Å². The van der Waals surface area contributed by atoms with Crippen LogP contribution in [-0.4, -0.2) is 0 Å². The van der Waals surface area contributed by atoms with E-state index in [0.717, 1.165) is 31.6 Å². The number of benzene rings is 2. The second kappa shape index (κ2) is 9.75. The smallest absolute Gasteiger partial charge is 0.167 e. The van der Waals surface area contributed by atoms with Gasteiger partial charge in [-0.15, -0.1) is 0 Å². The van der Waals surface area contributed by atoms with Crippen LogP contribution < -0.4 is 0 Å². The van der Waals surface area contributed by atoms with Crippen LogP contribution in [0.1, 0.15) is 88.2 Å². The first-order valence-corrected chi connectivity index (χ1v) is 12.0. The van der Waals surface area contributed by atoms with Crippen molar-refractivity contribution < 1.29 is 17.6 Å². The van der Waals surface area contributed by atoms with Crippen molar-refractivity contribution >= 4 is 0 Å². The normalized spacial score (nSPS) is 22.6. The van der Waals surface area contributed by atoms with E-state index in [1.54, 1.807) is 6.07 Å². The van der Waals surface area contributed by atoms with Gasteiger partial charge in [0, 0.05) is 11.1 Å². The Bertz CT molecular complexity index is 906. The molecule has 0 aliphatic heterocycles. The molecule has 2 aromatic carbocycles. The van der Waals surface area contributed by atoms with Crippen molar-refractivity contribution in [1.82, 2.24) is 0 Å². The summed E-state index contributed by atoms with van der Waals surface area (Å²) in [5.41, 5.74) is 0.209. The van der Waals surface area contributed by atoms with Crippen molar-refractivity contribution in [2.75, 3.05) is 0 Å².